The molecule has 4 nitrogen and oxygen atoms in total. The molecule has 3 aromatic carbocycles. The highest BCUT2D eigenvalue weighted by atomic mass is 16.5. The van der Waals surface area contributed by atoms with E-state index in [0.717, 1.165) is 39.1 Å². The number of hydrogen-bond donors (Lipinski definition) is 0. The fraction of sp³-hybridized carbons (Fsp3) is 0.143. The molecule has 0 amide bonds. The number of benzene rings is 3. The van der Waals surface area contributed by atoms with Crippen LogP contribution in [0.15, 0.2) is 82.2 Å². The summed E-state index contributed by atoms with van der Waals surface area (Å²) < 4.78 is 11.9. The zero-order valence-electron chi connectivity index (χ0n) is 18.4. The summed E-state index contributed by atoms with van der Waals surface area (Å²) in [6, 6.07) is 26.1. The van der Waals surface area contributed by atoms with Crippen molar-refractivity contribution >= 4 is 12.1 Å². The summed E-state index contributed by atoms with van der Waals surface area (Å²) in [7, 11) is 0. The molecule has 32 heavy (non-hydrogen) atoms. The third-order valence-corrected chi connectivity index (χ3v) is 5.20. The molecule has 0 aliphatic heterocycles. The van der Waals surface area contributed by atoms with Crippen LogP contribution < -0.4 is 4.74 Å². The maximum Gasteiger partial charge on any atom is 0.238 e. The molecule has 0 saturated carbocycles. The molecule has 0 fully saturated rings. The lowest BCUT2D eigenvalue weighted by Crippen LogP contribution is -1.95. The summed E-state index contributed by atoms with van der Waals surface area (Å²) in [6.07, 6.45) is 1.68. The van der Waals surface area contributed by atoms with E-state index < -0.39 is 0 Å². The predicted molar refractivity (Wildman–Crippen MR) is 129 cm³/mol. The van der Waals surface area contributed by atoms with E-state index in [1.807, 2.05) is 93.6 Å². The summed E-state index contributed by atoms with van der Waals surface area (Å²) in [5, 5.41) is 10.0. The summed E-state index contributed by atoms with van der Waals surface area (Å²) in [4.78, 5) is 4.56. The minimum Gasteiger partial charge on any atom is -0.493 e. The molecule has 158 valence electrons. The maximum absolute atomic E-state index is 10.0. The van der Waals surface area contributed by atoms with Gasteiger partial charge in [-0.05, 0) is 38.5 Å². The molecule has 0 bridgehead atoms. The number of ether oxygens (including phenoxy) is 1. The molecule has 4 heteroatoms. The largest absolute Gasteiger partial charge is 0.493 e. The molecule has 0 aliphatic rings. The molecular weight excluding hydrogens is 396 g/mol. The van der Waals surface area contributed by atoms with Crippen LogP contribution in [0.3, 0.4) is 0 Å². The second kappa shape index (κ2) is 9.36. The van der Waals surface area contributed by atoms with Crippen LogP contribution in [0.2, 0.25) is 0 Å². The fourth-order valence-corrected chi connectivity index (χ4v) is 3.52. The van der Waals surface area contributed by atoms with Crippen molar-refractivity contribution in [3.05, 3.63) is 95.1 Å². The normalized spacial score (nSPS) is 10.9. The van der Waals surface area contributed by atoms with E-state index in [1.54, 1.807) is 6.21 Å². The van der Waals surface area contributed by atoms with Crippen molar-refractivity contribution in [1.82, 2.24) is 0 Å². The van der Waals surface area contributed by atoms with Gasteiger partial charge in [0.25, 0.3) is 0 Å². The first kappa shape index (κ1) is 21.1. The van der Waals surface area contributed by atoms with Gasteiger partial charge in [0.2, 0.25) is 5.88 Å². The number of furan rings is 1. The van der Waals surface area contributed by atoms with Gasteiger partial charge in [-0.3, -0.25) is 0 Å². The molecule has 0 N–H and O–H groups in total. The number of aliphatic imine (C=N–C) groups is 1. The second-order valence-electron chi connectivity index (χ2n) is 7.56. The molecule has 1 heterocycles. The van der Waals surface area contributed by atoms with Crippen molar-refractivity contribution < 1.29 is 9.15 Å². The zero-order chi connectivity index (χ0) is 22.5. The van der Waals surface area contributed by atoms with Crippen LogP contribution in [-0.4, -0.2) is 12.8 Å². The molecule has 0 unspecified atom stereocenters. The first-order valence-corrected chi connectivity index (χ1v) is 10.6. The Morgan fingerprint density at radius 2 is 1.53 bits per heavy atom. The van der Waals surface area contributed by atoms with E-state index in [-0.39, 0.29) is 5.88 Å². The predicted octanol–water partition coefficient (Wildman–Crippen LogP) is 7.25. The molecular formula is C28H24N2O2. The highest BCUT2D eigenvalue weighted by molar-refractivity contribution is 5.90. The Hall–Kier alpha value is -4.10. The Morgan fingerprint density at radius 1 is 0.906 bits per heavy atom. The van der Waals surface area contributed by atoms with Gasteiger partial charge in [0.05, 0.1) is 6.61 Å². The fourth-order valence-electron chi connectivity index (χ4n) is 3.52. The number of hydrogen-bond acceptors (Lipinski definition) is 4. The van der Waals surface area contributed by atoms with Crippen molar-refractivity contribution in [3.8, 4) is 34.3 Å². The SMILES string of the molecule is CCOc1ccccc1C=Nc1oc(-c2ccc(C)cc2)c(-c2ccc(C)cc2)c1C#N. The molecule has 0 saturated heterocycles. The van der Waals surface area contributed by atoms with Crippen molar-refractivity contribution in [1.29, 1.82) is 5.26 Å². The Kier molecular flexibility index (Phi) is 6.19. The second-order valence-corrected chi connectivity index (χ2v) is 7.56. The number of nitrogens with zero attached hydrogens (tertiary/aromatic N) is 2. The highest BCUT2D eigenvalue weighted by Gasteiger charge is 2.22. The Labute approximate surface area is 188 Å². The lowest BCUT2D eigenvalue weighted by molar-refractivity contribution is 0.340. The number of para-hydroxylation sites is 1. The highest BCUT2D eigenvalue weighted by Crippen LogP contribution is 2.42. The maximum atomic E-state index is 10.0. The van der Waals surface area contributed by atoms with Gasteiger partial charge in [0.1, 0.15) is 23.1 Å². The summed E-state index contributed by atoms with van der Waals surface area (Å²) in [5.74, 6) is 1.65. The van der Waals surface area contributed by atoms with Crippen molar-refractivity contribution in [2.45, 2.75) is 20.8 Å². The van der Waals surface area contributed by atoms with E-state index >= 15 is 0 Å². The minimum absolute atomic E-state index is 0.282. The molecule has 0 radical (unpaired) electrons. The average molecular weight is 421 g/mol. The first-order valence-electron chi connectivity index (χ1n) is 10.6. The topological polar surface area (TPSA) is 58.5 Å². The van der Waals surface area contributed by atoms with Crippen molar-refractivity contribution in [3.63, 3.8) is 0 Å². The van der Waals surface area contributed by atoms with Crippen LogP contribution in [0.5, 0.6) is 5.75 Å². The van der Waals surface area contributed by atoms with Gasteiger partial charge < -0.3 is 9.15 Å². The van der Waals surface area contributed by atoms with E-state index in [0.29, 0.717) is 17.9 Å². The van der Waals surface area contributed by atoms with Gasteiger partial charge >= 0.3 is 0 Å². The third-order valence-electron chi connectivity index (χ3n) is 5.20. The van der Waals surface area contributed by atoms with Gasteiger partial charge in [-0.2, -0.15) is 5.26 Å². The molecule has 0 atom stereocenters. The molecule has 4 rings (SSSR count). The van der Waals surface area contributed by atoms with Gasteiger partial charge in [-0.1, -0.05) is 71.8 Å². The van der Waals surface area contributed by atoms with Gasteiger partial charge in [-0.25, -0.2) is 4.99 Å². The quantitative estimate of drug-likeness (QED) is 0.309. The summed E-state index contributed by atoms with van der Waals surface area (Å²) in [6.45, 7) is 6.58. The van der Waals surface area contributed by atoms with Gasteiger partial charge in [0.15, 0.2) is 0 Å². The zero-order valence-corrected chi connectivity index (χ0v) is 18.4. The molecule has 0 aliphatic carbocycles. The van der Waals surface area contributed by atoms with E-state index in [2.05, 4.69) is 11.1 Å². The molecule has 0 spiro atoms. The van der Waals surface area contributed by atoms with Crippen LogP contribution in [0, 0.1) is 25.2 Å². The van der Waals surface area contributed by atoms with E-state index in [4.69, 9.17) is 9.15 Å². The smallest absolute Gasteiger partial charge is 0.238 e. The lowest BCUT2D eigenvalue weighted by Gasteiger charge is -2.05. The van der Waals surface area contributed by atoms with Crippen LogP contribution in [-0.2, 0) is 0 Å². The average Bonchev–Trinajstić information content (AvgIpc) is 3.18. The van der Waals surface area contributed by atoms with Gasteiger partial charge in [-0.15, -0.1) is 0 Å². The Morgan fingerprint density at radius 3 is 2.16 bits per heavy atom. The summed E-state index contributed by atoms with van der Waals surface area (Å²) in [5.41, 5.74) is 6.11. The van der Waals surface area contributed by atoms with Crippen LogP contribution in [0.1, 0.15) is 29.2 Å². The third kappa shape index (κ3) is 4.33. The van der Waals surface area contributed by atoms with Crippen LogP contribution >= 0.6 is 0 Å². The van der Waals surface area contributed by atoms with Crippen molar-refractivity contribution in [2.75, 3.05) is 6.61 Å². The monoisotopic (exact) mass is 420 g/mol. The number of aryl methyl sites for hydroxylation is 2. The number of rotatable bonds is 6. The van der Waals surface area contributed by atoms with Crippen LogP contribution in [0.25, 0.3) is 22.5 Å². The van der Waals surface area contributed by atoms with Crippen LogP contribution in [0.4, 0.5) is 5.88 Å². The first-order chi connectivity index (χ1) is 15.6. The van der Waals surface area contributed by atoms with Crippen molar-refractivity contribution in [2.24, 2.45) is 4.99 Å². The molecule has 4 aromatic rings. The summed E-state index contributed by atoms with van der Waals surface area (Å²) >= 11 is 0. The minimum atomic E-state index is 0.282. The van der Waals surface area contributed by atoms with E-state index in [1.165, 1.54) is 0 Å². The standard InChI is InChI=1S/C28H24N2O2/c1-4-31-25-8-6-5-7-23(25)18-30-28-24(17-29)26(21-13-9-19(2)10-14-21)27(32-28)22-15-11-20(3)12-16-22/h5-16,18H,4H2,1-3H3. The molecule has 1 aromatic heterocycles. The lowest BCUT2D eigenvalue weighted by atomic mass is 9.97. The number of nitriles is 1. The van der Waals surface area contributed by atoms with Gasteiger partial charge in [0, 0.05) is 22.9 Å². The Bertz CT molecular complexity index is 1290. The van der Waals surface area contributed by atoms with E-state index in [9.17, 15) is 5.26 Å². The Balaban J connectivity index is 1.87.